The van der Waals surface area contributed by atoms with Gasteiger partial charge < -0.3 is 10.2 Å². The molecular weight excluding hydrogens is 380 g/mol. The molecule has 2 aliphatic carbocycles. The number of thiophene rings is 1. The van der Waals surface area contributed by atoms with Crippen LogP contribution in [0, 0.1) is 6.92 Å². The van der Waals surface area contributed by atoms with Crippen LogP contribution in [0.4, 0.5) is 0 Å². The molecule has 27 heavy (non-hydrogen) atoms. The van der Waals surface area contributed by atoms with Crippen molar-refractivity contribution in [2.24, 2.45) is 0 Å². The minimum Gasteiger partial charge on any atom is -0.351 e. The Morgan fingerprint density at radius 1 is 1.22 bits per heavy atom. The Hall–Kier alpha value is -1.80. The molecule has 0 aliphatic heterocycles. The maximum Gasteiger partial charge on any atom is 0.276 e. The smallest absolute Gasteiger partial charge is 0.276 e. The van der Waals surface area contributed by atoms with Crippen molar-refractivity contribution in [1.82, 2.24) is 19.8 Å². The second kappa shape index (κ2) is 8.06. The van der Waals surface area contributed by atoms with Crippen LogP contribution < -0.4 is 5.32 Å². The summed E-state index contributed by atoms with van der Waals surface area (Å²) in [5.41, 5.74) is 1.38. The van der Waals surface area contributed by atoms with Crippen LogP contribution in [0.15, 0.2) is 16.8 Å². The van der Waals surface area contributed by atoms with Gasteiger partial charge in [0.25, 0.3) is 5.91 Å². The lowest BCUT2D eigenvalue weighted by Gasteiger charge is -2.32. The summed E-state index contributed by atoms with van der Waals surface area (Å²) in [6.45, 7) is 2.01. The van der Waals surface area contributed by atoms with E-state index in [1.807, 2.05) is 18.4 Å². The van der Waals surface area contributed by atoms with E-state index in [0.717, 1.165) is 60.5 Å². The number of aromatic nitrogens is 2. The molecule has 2 saturated carbocycles. The number of hydrogen-bond acceptors (Lipinski definition) is 6. The molecule has 1 N–H and O–H groups in total. The SMILES string of the molecule is Cc1ccsc1[C@H](C(=O)NC1CCCCC1)N(C(=O)c1csnn1)C1CC1. The summed E-state index contributed by atoms with van der Waals surface area (Å²) in [7, 11) is 0. The van der Waals surface area contributed by atoms with Crippen LogP contribution in [0.3, 0.4) is 0 Å². The summed E-state index contributed by atoms with van der Waals surface area (Å²) in [6, 6.07) is 1.74. The molecule has 144 valence electrons. The average Bonchev–Trinajstić information content (AvgIpc) is 3.17. The highest BCUT2D eigenvalue weighted by Gasteiger charge is 2.43. The van der Waals surface area contributed by atoms with E-state index in [1.165, 1.54) is 6.42 Å². The molecule has 2 aliphatic rings. The van der Waals surface area contributed by atoms with Crippen molar-refractivity contribution >= 4 is 34.7 Å². The van der Waals surface area contributed by atoms with Crippen molar-refractivity contribution in [3.8, 4) is 0 Å². The van der Waals surface area contributed by atoms with Gasteiger partial charge in [0.05, 0.1) is 0 Å². The summed E-state index contributed by atoms with van der Waals surface area (Å²) < 4.78 is 3.83. The van der Waals surface area contributed by atoms with Crippen LogP contribution >= 0.6 is 22.9 Å². The quantitative estimate of drug-likeness (QED) is 0.796. The first-order valence-electron chi connectivity index (χ1n) is 9.59. The van der Waals surface area contributed by atoms with Crippen LogP contribution in [-0.2, 0) is 4.79 Å². The number of nitrogens with zero attached hydrogens (tertiary/aromatic N) is 3. The fourth-order valence-electron chi connectivity index (χ4n) is 3.80. The topological polar surface area (TPSA) is 75.2 Å². The Morgan fingerprint density at radius 2 is 2.00 bits per heavy atom. The van der Waals surface area contributed by atoms with E-state index in [1.54, 1.807) is 21.6 Å². The highest BCUT2D eigenvalue weighted by molar-refractivity contribution is 7.10. The van der Waals surface area contributed by atoms with Crippen molar-refractivity contribution < 1.29 is 9.59 Å². The van der Waals surface area contributed by atoms with E-state index in [9.17, 15) is 9.59 Å². The molecule has 0 spiro atoms. The van der Waals surface area contributed by atoms with Gasteiger partial charge in [-0.25, -0.2) is 0 Å². The second-order valence-electron chi connectivity index (χ2n) is 7.45. The van der Waals surface area contributed by atoms with Gasteiger partial charge in [-0.3, -0.25) is 9.59 Å². The van der Waals surface area contributed by atoms with Gasteiger partial charge in [0, 0.05) is 22.3 Å². The summed E-state index contributed by atoms with van der Waals surface area (Å²) in [5.74, 6) is -0.251. The number of carbonyl (C=O) groups is 2. The average molecular weight is 405 g/mol. The molecule has 6 nitrogen and oxygen atoms in total. The van der Waals surface area contributed by atoms with E-state index in [4.69, 9.17) is 0 Å². The zero-order chi connectivity index (χ0) is 18.8. The first kappa shape index (κ1) is 18.6. The third-order valence-corrected chi connectivity index (χ3v) is 6.96. The van der Waals surface area contributed by atoms with Crippen molar-refractivity contribution in [2.75, 3.05) is 0 Å². The molecule has 0 saturated heterocycles. The Kier molecular flexibility index (Phi) is 5.54. The summed E-state index contributed by atoms with van der Waals surface area (Å²) in [5, 5.41) is 10.8. The van der Waals surface area contributed by atoms with Gasteiger partial charge >= 0.3 is 0 Å². The molecule has 2 fully saturated rings. The molecule has 8 heteroatoms. The first-order valence-corrected chi connectivity index (χ1v) is 11.3. The highest BCUT2D eigenvalue weighted by Crippen LogP contribution is 2.39. The van der Waals surface area contributed by atoms with Crippen molar-refractivity contribution in [3.05, 3.63) is 33.0 Å². The monoisotopic (exact) mass is 404 g/mol. The molecule has 0 bridgehead atoms. The van der Waals surface area contributed by atoms with Crippen LogP contribution in [0.5, 0.6) is 0 Å². The number of aryl methyl sites for hydroxylation is 1. The van der Waals surface area contributed by atoms with Crippen LogP contribution in [-0.4, -0.2) is 38.4 Å². The molecular formula is C19H24N4O2S2. The summed E-state index contributed by atoms with van der Waals surface area (Å²) in [6.07, 6.45) is 7.46. The minimum absolute atomic E-state index is 0.0594. The van der Waals surface area contributed by atoms with Crippen LogP contribution in [0.1, 0.15) is 71.9 Å². The van der Waals surface area contributed by atoms with Gasteiger partial charge in [0.2, 0.25) is 5.91 Å². The fraction of sp³-hybridized carbons (Fsp3) is 0.579. The first-order chi connectivity index (χ1) is 13.1. The normalized spacial score (nSPS) is 18.9. The molecule has 1 atom stereocenters. The van der Waals surface area contributed by atoms with Gasteiger partial charge in [-0.2, -0.15) is 0 Å². The predicted molar refractivity (Wildman–Crippen MR) is 106 cm³/mol. The zero-order valence-electron chi connectivity index (χ0n) is 15.4. The Bertz CT molecular complexity index is 795. The lowest BCUT2D eigenvalue weighted by molar-refractivity contribution is -0.127. The van der Waals surface area contributed by atoms with Gasteiger partial charge in [0.15, 0.2) is 5.69 Å². The van der Waals surface area contributed by atoms with E-state index in [2.05, 4.69) is 14.9 Å². The Labute approximate surface area is 167 Å². The number of nitrogens with one attached hydrogen (secondary N) is 1. The molecule has 2 aromatic heterocycles. The molecule has 0 radical (unpaired) electrons. The number of rotatable bonds is 6. The van der Waals surface area contributed by atoms with Crippen molar-refractivity contribution in [1.29, 1.82) is 0 Å². The third kappa shape index (κ3) is 4.06. The number of hydrogen-bond donors (Lipinski definition) is 1. The number of carbonyl (C=O) groups excluding carboxylic acids is 2. The zero-order valence-corrected chi connectivity index (χ0v) is 17.0. The second-order valence-corrected chi connectivity index (χ2v) is 9.01. The molecule has 0 unspecified atom stereocenters. The van der Waals surface area contributed by atoms with Gasteiger partial charge in [-0.05, 0) is 61.1 Å². The van der Waals surface area contributed by atoms with Crippen molar-refractivity contribution in [2.45, 2.75) is 70.0 Å². The summed E-state index contributed by atoms with van der Waals surface area (Å²) in [4.78, 5) is 29.3. The summed E-state index contributed by atoms with van der Waals surface area (Å²) >= 11 is 2.71. The Balaban J connectivity index is 1.64. The van der Waals surface area contributed by atoms with Crippen molar-refractivity contribution in [3.63, 3.8) is 0 Å². The molecule has 2 aromatic rings. The molecule has 4 rings (SSSR count). The van der Waals surface area contributed by atoms with Gasteiger partial charge in [0.1, 0.15) is 6.04 Å². The molecule has 2 heterocycles. The molecule has 0 aromatic carbocycles. The van der Waals surface area contributed by atoms with E-state index < -0.39 is 6.04 Å². The minimum atomic E-state index is -0.589. The maximum atomic E-state index is 13.4. The largest absolute Gasteiger partial charge is 0.351 e. The Morgan fingerprint density at radius 3 is 2.59 bits per heavy atom. The van der Waals surface area contributed by atoms with Crippen LogP contribution in [0.25, 0.3) is 0 Å². The highest BCUT2D eigenvalue weighted by atomic mass is 32.1. The predicted octanol–water partition coefficient (Wildman–Crippen LogP) is 3.70. The van der Waals surface area contributed by atoms with E-state index in [0.29, 0.717) is 5.69 Å². The third-order valence-electron chi connectivity index (χ3n) is 5.38. The maximum absolute atomic E-state index is 13.4. The standard InChI is InChI=1S/C19H24N4O2S2/c1-12-9-10-26-17(12)16(18(24)20-13-5-3-2-4-6-13)23(14-7-8-14)19(25)15-11-27-22-21-15/h9-11,13-14,16H,2-8H2,1H3,(H,20,24)/t16-/m1/s1. The lowest BCUT2D eigenvalue weighted by Crippen LogP contribution is -2.48. The van der Waals surface area contributed by atoms with Gasteiger partial charge in [-0.15, -0.1) is 16.4 Å². The molecule has 2 amide bonds. The van der Waals surface area contributed by atoms with Gasteiger partial charge in [-0.1, -0.05) is 23.8 Å². The van der Waals surface area contributed by atoms with E-state index in [-0.39, 0.29) is 23.9 Å². The lowest BCUT2D eigenvalue weighted by atomic mass is 9.95. The van der Waals surface area contributed by atoms with E-state index >= 15 is 0 Å². The fourth-order valence-corrected chi connectivity index (χ4v) is 5.25. The number of amides is 2. The van der Waals surface area contributed by atoms with Crippen LogP contribution in [0.2, 0.25) is 0 Å².